The second kappa shape index (κ2) is 8.33. The fourth-order valence-corrected chi connectivity index (χ4v) is 4.01. The molecule has 0 aliphatic rings. The monoisotopic (exact) mass is 475 g/mol. The lowest BCUT2D eigenvalue weighted by molar-refractivity contribution is 0.0955. The van der Waals surface area contributed by atoms with Crippen LogP contribution in [0.4, 0.5) is 0 Å². The fraction of sp³-hybridized carbons (Fsp3) is 0.0526. The summed E-state index contributed by atoms with van der Waals surface area (Å²) in [5.41, 5.74) is 4.71. The zero-order chi connectivity index (χ0) is 18.5. The molecule has 0 unspecified atom stereocenters. The van der Waals surface area contributed by atoms with E-state index in [0.29, 0.717) is 11.3 Å². The number of hydrazone groups is 1. The molecule has 0 aliphatic heterocycles. The summed E-state index contributed by atoms with van der Waals surface area (Å²) in [6.45, 7) is 0. The first-order chi connectivity index (χ1) is 12.6. The lowest BCUT2D eigenvalue weighted by Crippen LogP contribution is -2.19. The molecule has 3 aromatic rings. The third kappa shape index (κ3) is 4.05. The maximum atomic E-state index is 12.5. The topological polar surface area (TPSA) is 55.6 Å². The van der Waals surface area contributed by atoms with Crippen molar-refractivity contribution in [1.82, 2.24) is 9.99 Å². The van der Waals surface area contributed by atoms with E-state index in [1.165, 1.54) is 0 Å². The number of hydrogen-bond donors (Lipinski definition) is 1. The minimum absolute atomic E-state index is 0.280. The van der Waals surface area contributed by atoms with Gasteiger partial charge in [-0.15, -0.1) is 0 Å². The number of nitrogens with zero attached hydrogens (tertiary/aromatic N) is 2. The molecule has 2 aromatic carbocycles. The van der Waals surface area contributed by atoms with Crippen LogP contribution < -0.4 is 10.2 Å². The van der Waals surface area contributed by atoms with Gasteiger partial charge in [0.2, 0.25) is 0 Å². The van der Waals surface area contributed by atoms with Gasteiger partial charge in [0.05, 0.1) is 33.5 Å². The van der Waals surface area contributed by atoms with Crippen LogP contribution in [0.5, 0.6) is 5.75 Å². The van der Waals surface area contributed by atoms with Crippen molar-refractivity contribution in [1.29, 1.82) is 0 Å². The molecule has 0 aliphatic carbocycles. The number of rotatable bonds is 5. The van der Waals surface area contributed by atoms with Crippen LogP contribution in [0.15, 0.2) is 75.0 Å². The Bertz CT molecular complexity index is 930. The average Bonchev–Trinajstić information content (AvgIpc) is 3.16. The molecule has 1 N–H and O–H groups in total. The predicted molar refractivity (Wildman–Crippen MR) is 109 cm³/mol. The van der Waals surface area contributed by atoms with E-state index in [1.807, 2.05) is 59.4 Å². The van der Waals surface area contributed by atoms with Gasteiger partial charge in [0.25, 0.3) is 5.91 Å². The number of amides is 1. The number of halogens is 2. The van der Waals surface area contributed by atoms with Crippen molar-refractivity contribution in [2.75, 3.05) is 7.11 Å². The summed E-state index contributed by atoms with van der Waals surface area (Å²) in [5.74, 6) is 0.420. The van der Waals surface area contributed by atoms with E-state index in [2.05, 4.69) is 42.4 Å². The van der Waals surface area contributed by atoms with E-state index in [-0.39, 0.29) is 5.91 Å². The number of para-hydroxylation sites is 1. The Labute approximate surface area is 167 Å². The Morgan fingerprint density at radius 3 is 2.42 bits per heavy atom. The van der Waals surface area contributed by atoms with E-state index in [0.717, 1.165) is 20.2 Å². The Balaban J connectivity index is 1.77. The molecule has 0 radical (unpaired) electrons. The minimum atomic E-state index is -0.280. The number of methoxy groups -OCH3 is 1. The Morgan fingerprint density at radius 2 is 1.77 bits per heavy atom. The van der Waals surface area contributed by atoms with Gasteiger partial charge in [-0.1, -0.05) is 12.1 Å². The molecule has 1 aromatic heterocycles. The van der Waals surface area contributed by atoms with E-state index in [1.54, 1.807) is 19.4 Å². The Morgan fingerprint density at radius 1 is 1.12 bits per heavy atom. The maximum Gasteiger partial charge on any atom is 0.273 e. The molecule has 1 amide bonds. The number of benzene rings is 2. The third-order valence-electron chi connectivity index (χ3n) is 3.64. The molecule has 7 heteroatoms. The lowest BCUT2D eigenvalue weighted by atomic mass is 10.1. The van der Waals surface area contributed by atoms with E-state index < -0.39 is 0 Å². The standard InChI is InChI=1S/C19H15Br2N3O2/c1-26-18-15(20)10-13(11-16(18)21)12-22-23-19(25)14-6-2-3-7-17(14)24-8-4-5-9-24/h2-12H,1H3,(H,23,25). The van der Waals surface area contributed by atoms with Crippen LogP contribution in [0.25, 0.3) is 5.69 Å². The smallest absolute Gasteiger partial charge is 0.273 e. The predicted octanol–water partition coefficient (Wildman–Crippen LogP) is 4.77. The quantitative estimate of drug-likeness (QED) is 0.425. The van der Waals surface area contributed by atoms with Crippen molar-refractivity contribution in [3.63, 3.8) is 0 Å². The van der Waals surface area contributed by atoms with E-state index in [9.17, 15) is 4.79 Å². The van der Waals surface area contributed by atoms with Crippen molar-refractivity contribution in [2.24, 2.45) is 5.10 Å². The number of nitrogens with one attached hydrogen (secondary N) is 1. The first-order valence-electron chi connectivity index (χ1n) is 7.69. The number of hydrogen-bond acceptors (Lipinski definition) is 3. The second-order valence-corrected chi connectivity index (χ2v) is 7.03. The summed E-state index contributed by atoms with van der Waals surface area (Å²) >= 11 is 6.88. The molecule has 1 heterocycles. The largest absolute Gasteiger partial charge is 0.494 e. The maximum absolute atomic E-state index is 12.5. The summed E-state index contributed by atoms with van der Waals surface area (Å²) in [4.78, 5) is 12.5. The highest BCUT2D eigenvalue weighted by Gasteiger charge is 2.11. The van der Waals surface area contributed by atoms with Gasteiger partial charge in [-0.25, -0.2) is 5.43 Å². The Hall–Kier alpha value is -2.38. The number of ether oxygens (including phenoxy) is 1. The van der Waals surface area contributed by atoms with Gasteiger partial charge in [0.15, 0.2) is 0 Å². The van der Waals surface area contributed by atoms with Crippen LogP contribution in [0.1, 0.15) is 15.9 Å². The third-order valence-corrected chi connectivity index (χ3v) is 4.81. The number of aromatic nitrogens is 1. The molecule has 26 heavy (non-hydrogen) atoms. The van der Waals surface area contributed by atoms with Gasteiger partial charge >= 0.3 is 0 Å². The highest BCUT2D eigenvalue weighted by atomic mass is 79.9. The molecular weight excluding hydrogens is 462 g/mol. The summed E-state index contributed by atoms with van der Waals surface area (Å²) in [5, 5.41) is 4.06. The average molecular weight is 477 g/mol. The van der Waals surface area contributed by atoms with Crippen LogP contribution in [0.2, 0.25) is 0 Å². The van der Waals surface area contributed by atoms with Gasteiger partial charge in [0.1, 0.15) is 5.75 Å². The van der Waals surface area contributed by atoms with E-state index >= 15 is 0 Å². The first-order valence-corrected chi connectivity index (χ1v) is 9.27. The lowest BCUT2D eigenvalue weighted by Gasteiger charge is -2.09. The summed E-state index contributed by atoms with van der Waals surface area (Å²) in [6.07, 6.45) is 5.36. The highest BCUT2D eigenvalue weighted by molar-refractivity contribution is 9.11. The van der Waals surface area contributed by atoms with Gasteiger partial charge in [0, 0.05) is 12.4 Å². The molecule has 132 valence electrons. The van der Waals surface area contributed by atoms with Crippen LogP contribution in [-0.4, -0.2) is 23.8 Å². The van der Waals surface area contributed by atoms with Gasteiger partial charge in [-0.2, -0.15) is 5.10 Å². The van der Waals surface area contributed by atoms with Crippen LogP contribution in [0, 0.1) is 0 Å². The highest BCUT2D eigenvalue weighted by Crippen LogP contribution is 2.33. The van der Waals surface area contributed by atoms with Crippen LogP contribution >= 0.6 is 31.9 Å². The van der Waals surface area contributed by atoms with Gasteiger partial charge in [-0.3, -0.25) is 4.79 Å². The molecule has 3 rings (SSSR count). The molecule has 0 saturated carbocycles. The summed E-state index contributed by atoms with van der Waals surface area (Å²) in [6, 6.07) is 14.9. The zero-order valence-electron chi connectivity index (χ0n) is 13.8. The first kappa shape index (κ1) is 18.4. The molecule has 0 saturated heterocycles. The van der Waals surface area contributed by atoms with Gasteiger partial charge < -0.3 is 9.30 Å². The molecular formula is C19H15Br2N3O2. The van der Waals surface area contributed by atoms with Crippen LogP contribution in [-0.2, 0) is 0 Å². The summed E-state index contributed by atoms with van der Waals surface area (Å²) in [7, 11) is 1.60. The van der Waals surface area contributed by atoms with Crippen LogP contribution in [0.3, 0.4) is 0 Å². The zero-order valence-corrected chi connectivity index (χ0v) is 17.0. The summed E-state index contributed by atoms with van der Waals surface area (Å²) < 4.78 is 8.74. The van der Waals surface area contributed by atoms with Gasteiger partial charge in [-0.05, 0) is 73.8 Å². The van der Waals surface area contributed by atoms with Crippen molar-refractivity contribution < 1.29 is 9.53 Å². The number of carbonyl (C=O) groups is 1. The van der Waals surface area contributed by atoms with Crippen molar-refractivity contribution in [2.45, 2.75) is 0 Å². The molecule has 0 fully saturated rings. The second-order valence-electron chi connectivity index (χ2n) is 5.32. The SMILES string of the molecule is COc1c(Br)cc(C=NNC(=O)c2ccccc2-n2cccc2)cc1Br. The molecule has 0 bridgehead atoms. The van der Waals surface area contributed by atoms with E-state index in [4.69, 9.17) is 4.74 Å². The van der Waals surface area contributed by atoms with Crippen molar-refractivity contribution in [3.05, 3.63) is 81.0 Å². The fourth-order valence-electron chi connectivity index (χ4n) is 2.46. The molecule has 5 nitrogen and oxygen atoms in total. The number of carbonyl (C=O) groups excluding carboxylic acids is 1. The minimum Gasteiger partial charge on any atom is -0.494 e. The normalized spacial score (nSPS) is 10.9. The van der Waals surface area contributed by atoms with Crippen molar-refractivity contribution in [3.8, 4) is 11.4 Å². The van der Waals surface area contributed by atoms with Crippen molar-refractivity contribution >= 4 is 44.0 Å². The Kier molecular flexibility index (Phi) is 5.90. The molecule has 0 atom stereocenters. The molecule has 0 spiro atoms.